The normalized spacial score (nSPS) is 24.2. The summed E-state index contributed by atoms with van der Waals surface area (Å²) in [6.07, 6.45) is 9.02. The maximum atomic E-state index is 9.55. The van der Waals surface area contributed by atoms with Crippen LogP contribution in [0.3, 0.4) is 0 Å². The first kappa shape index (κ1) is 20.8. The van der Waals surface area contributed by atoms with Gasteiger partial charge in [-0.25, -0.2) is 14.6 Å². The summed E-state index contributed by atoms with van der Waals surface area (Å²) < 4.78 is 0. The third kappa shape index (κ3) is 4.47. The number of carbonyl (C=O) groups is 2. The Hall–Kier alpha value is -2.51. The van der Waals surface area contributed by atoms with Gasteiger partial charge in [0.2, 0.25) is 0 Å². The first-order valence-electron chi connectivity index (χ1n) is 10.3. The van der Waals surface area contributed by atoms with E-state index in [0.29, 0.717) is 12.2 Å². The fourth-order valence-corrected chi connectivity index (χ4v) is 6.20. The summed E-state index contributed by atoms with van der Waals surface area (Å²) in [5.41, 5.74) is 4.12. The molecule has 0 radical (unpaired) electrons. The standard InChI is InChI=1S/C19H22N2S.C4H4O4/c1-21-14-6-7-15(21)9-12(8-14)10-18-20-19-16-5-3-2-4-13(16)11-17(19)22-18;5-3(6)1-2-4(7)8/h2-5,12,14-15H,6-11H2,1H3;1-2H,(H,5,6)(H,7,8)/b;2-1+/t12?,14-,15+;. The Bertz CT molecular complexity index is 953. The van der Waals surface area contributed by atoms with Gasteiger partial charge in [-0.05, 0) is 44.2 Å². The van der Waals surface area contributed by atoms with Crippen molar-refractivity contribution in [3.63, 3.8) is 0 Å². The van der Waals surface area contributed by atoms with Gasteiger partial charge in [0, 0.05) is 47.5 Å². The van der Waals surface area contributed by atoms with Crippen LogP contribution in [0.15, 0.2) is 36.4 Å². The van der Waals surface area contributed by atoms with Gasteiger partial charge in [-0.3, -0.25) is 0 Å². The average Bonchev–Trinajstić information content (AvgIpc) is 3.29. The highest BCUT2D eigenvalue weighted by Gasteiger charge is 2.38. The van der Waals surface area contributed by atoms with Gasteiger partial charge in [0.05, 0.1) is 10.7 Å². The minimum atomic E-state index is -1.26. The second-order valence-corrected chi connectivity index (χ2v) is 9.48. The van der Waals surface area contributed by atoms with Gasteiger partial charge in [0.1, 0.15) is 0 Å². The second-order valence-electron chi connectivity index (χ2n) is 8.32. The van der Waals surface area contributed by atoms with Gasteiger partial charge >= 0.3 is 11.9 Å². The lowest BCUT2D eigenvalue weighted by molar-refractivity contribution is -0.134. The monoisotopic (exact) mass is 426 g/mol. The van der Waals surface area contributed by atoms with E-state index in [4.69, 9.17) is 15.2 Å². The van der Waals surface area contributed by atoms with E-state index in [1.54, 1.807) is 0 Å². The third-order valence-corrected chi connectivity index (χ3v) is 7.47. The van der Waals surface area contributed by atoms with E-state index in [-0.39, 0.29) is 0 Å². The number of aliphatic carboxylic acids is 2. The topological polar surface area (TPSA) is 90.7 Å². The number of thiazole rings is 1. The molecule has 5 rings (SSSR count). The molecule has 158 valence electrons. The SMILES string of the molecule is CN1[C@@H]2CC[C@H]1CC(Cc1nc3c(s1)Cc1ccccc1-3)C2.O=C(O)/C=C/C(=O)O. The van der Waals surface area contributed by atoms with E-state index >= 15 is 0 Å². The molecule has 2 aliphatic heterocycles. The average molecular weight is 427 g/mol. The summed E-state index contributed by atoms with van der Waals surface area (Å²) in [5.74, 6) is -1.66. The fourth-order valence-electron chi connectivity index (χ4n) is 4.98. The Morgan fingerprint density at radius 2 is 1.77 bits per heavy atom. The molecule has 2 fully saturated rings. The van der Waals surface area contributed by atoms with Gasteiger partial charge in [0.15, 0.2) is 0 Å². The van der Waals surface area contributed by atoms with Crippen LogP contribution in [0.25, 0.3) is 11.3 Å². The van der Waals surface area contributed by atoms with E-state index in [1.165, 1.54) is 58.8 Å². The maximum absolute atomic E-state index is 9.55. The molecule has 30 heavy (non-hydrogen) atoms. The predicted octanol–water partition coefficient (Wildman–Crippen LogP) is 3.84. The molecule has 1 aliphatic carbocycles. The Morgan fingerprint density at radius 1 is 1.13 bits per heavy atom. The Kier molecular flexibility index (Phi) is 6.01. The lowest BCUT2D eigenvalue weighted by Crippen LogP contribution is -2.40. The molecule has 7 heteroatoms. The number of piperidine rings is 1. The van der Waals surface area contributed by atoms with Crippen molar-refractivity contribution in [3.8, 4) is 11.3 Å². The van der Waals surface area contributed by atoms with Gasteiger partial charge in [0.25, 0.3) is 0 Å². The van der Waals surface area contributed by atoms with Crippen molar-refractivity contribution in [1.82, 2.24) is 9.88 Å². The number of rotatable bonds is 4. The molecule has 2 aromatic rings. The Labute approximate surface area is 179 Å². The van der Waals surface area contributed by atoms with Crippen molar-refractivity contribution in [2.45, 2.75) is 50.6 Å². The van der Waals surface area contributed by atoms with Crippen LogP contribution in [-0.2, 0) is 22.4 Å². The minimum absolute atomic E-state index is 0.558. The highest BCUT2D eigenvalue weighted by molar-refractivity contribution is 7.12. The fraction of sp³-hybridized carbons (Fsp3) is 0.435. The van der Waals surface area contributed by atoms with Crippen LogP contribution in [0, 0.1) is 5.92 Å². The van der Waals surface area contributed by atoms with Crippen LogP contribution in [0.1, 0.15) is 41.1 Å². The van der Waals surface area contributed by atoms with Crippen molar-refractivity contribution in [1.29, 1.82) is 0 Å². The number of aromatic nitrogens is 1. The molecular weight excluding hydrogens is 400 g/mol. The van der Waals surface area contributed by atoms with E-state index in [0.717, 1.165) is 24.4 Å². The van der Waals surface area contributed by atoms with Crippen LogP contribution >= 0.6 is 11.3 Å². The zero-order valence-corrected chi connectivity index (χ0v) is 17.8. The zero-order valence-electron chi connectivity index (χ0n) is 17.0. The zero-order chi connectivity index (χ0) is 21.3. The number of hydrogen-bond acceptors (Lipinski definition) is 5. The molecule has 3 heterocycles. The van der Waals surface area contributed by atoms with E-state index in [1.807, 2.05) is 11.3 Å². The summed E-state index contributed by atoms with van der Waals surface area (Å²) in [6.45, 7) is 0. The lowest BCUT2D eigenvalue weighted by Gasteiger charge is -2.36. The smallest absolute Gasteiger partial charge is 0.328 e. The molecule has 2 bridgehead atoms. The highest BCUT2D eigenvalue weighted by atomic mass is 32.1. The molecule has 3 aliphatic rings. The van der Waals surface area contributed by atoms with Gasteiger partial charge < -0.3 is 15.1 Å². The molecule has 0 amide bonds. The molecule has 1 aromatic heterocycles. The van der Waals surface area contributed by atoms with Crippen molar-refractivity contribution in [3.05, 3.63) is 51.9 Å². The van der Waals surface area contributed by atoms with E-state index < -0.39 is 11.9 Å². The number of carboxylic acid groups (broad SMARTS) is 2. The summed E-state index contributed by atoms with van der Waals surface area (Å²) in [6, 6.07) is 10.5. The van der Waals surface area contributed by atoms with Crippen LogP contribution in [-0.4, -0.2) is 51.2 Å². The Balaban J connectivity index is 0.000000235. The summed E-state index contributed by atoms with van der Waals surface area (Å²) in [5, 5.41) is 17.0. The summed E-state index contributed by atoms with van der Waals surface area (Å²) in [7, 11) is 2.33. The van der Waals surface area contributed by atoms with Crippen LogP contribution in [0.2, 0.25) is 0 Å². The maximum Gasteiger partial charge on any atom is 0.328 e. The number of carboxylic acids is 2. The van der Waals surface area contributed by atoms with Gasteiger partial charge in [-0.15, -0.1) is 11.3 Å². The van der Waals surface area contributed by atoms with Crippen LogP contribution in [0.5, 0.6) is 0 Å². The minimum Gasteiger partial charge on any atom is -0.478 e. The quantitative estimate of drug-likeness (QED) is 0.616. The van der Waals surface area contributed by atoms with Crippen LogP contribution < -0.4 is 0 Å². The van der Waals surface area contributed by atoms with Crippen molar-refractivity contribution in [2.24, 2.45) is 5.92 Å². The molecule has 1 aromatic carbocycles. The van der Waals surface area contributed by atoms with E-state index in [9.17, 15) is 9.59 Å². The van der Waals surface area contributed by atoms with Gasteiger partial charge in [-0.2, -0.15) is 0 Å². The molecule has 2 N–H and O–H groups in total. The number of hydrogen-bond donors (Lipinski definition) is 2. The van der Waals surface area contributed by atoms with Crippen molar-refractivity contribution in [2.75, 3.05) is 7.05 Å². The first-order chi connectivity index (χ1) is 14.4. The summed E-state index contributed by atoms with van der Waals surface area (Å²) >= 11 is 1.97. The van der Waals surface area contributed by atoms with Gasteiger partial charge in [-0.1, -0.05) is 24.3 Å². The largest absolute Gasteiger partial charge is 0.478 e. The molecule has 0 spiro atoms. The summed E-state index contributed by atoms with van der Waals surface area (Å²) in [4.78, 5) is 28.3. The molecule has 2 saturated heterocycles. The molecule has 6 nitrogen and oxygen atoms in total. The molecular formula is C23H26N2O4S. The first-order valence-corrected chi connectivity index (χ1v) is 11.1. The number of fused-ring (bicyclic) bond motifs is 5. The van der Waals surface area contributed by atoms with Crippen molar-refractivity contribution < 1.29 is 19.8 Å². The molecule has 0 saturated carbocycles. The number of nitrogens with zero attached hydrogens (tertiary/aromatic N) is 2. The molecule has 1 unspecified atom stereocenters. The van der Waals surface area contributed by atoms with Crippen LogP contribution in [0.4, 0.5) is 0 Å². The van der Waals surface area contributed by atoms with Crippen molar-refractivity contribution >= 4 is 23.3 Å². The van der Waals surface area contributed by atoms with E-state index in [2.05, 4.69) is 36.2 Å². The molecule has 3 atom stereocenters. The Morgan fingerprint density at radius 3 is 2.40 bits per heavy atom. The second kappa shape index (κ2) is 8.70. The number of benzene rings is 1. The lowest BCUT2D eigenvalue weighted by atomic mass is 9.89. The third-order valence-electron chi connectivity index (χ3n) is 6.39. The predicted molar refractivity (Wildman–Crippen MR) is 116 cm³/mol. The highest BCUT2D eigenvalue weighted by Crippen LogP contribution is 2.42.